The molecule has 102 valence electrons. The van der Waals surface area contributed by atoms with Crippen LogP contribution >= 0.6 is 23.5 Å². The Morgan fingerprint density at radius 2 is 1.39 bits per heavy atom. The topological polar surface area (TPSA) is 0 Å². The third-order valence-corrected chi connectivity index (χ3v) is 9.05. The average Bonchev–Trinajstić information content (AvgIpc) is 2.36. The van der Waals surface area contributed by atoms with E-state index >= 15 is 0 Å². The van der Waals surface area contributed by atoms with Crippen LogP contribution in [0.15, 0.2) is 0 Å². The Bertz CT molecular complexity index is 271. The summed E-state index contributed by atoms with van der Waals surface area (Å²) in [6, 6.07) is 0. The van der Waals surface area contributed by atoms with Crippen LogP contribution in [0.3, 0.4) is 0 Å². The molecule has 5 rings (SSSR count). The molecule has 0 unspecified atom stereocenters. The smallest absolute Gasteiger partial charge is 0.0502 e. The van der Waals surface area contributed by atoms with E-state index in [1.165, 1.54) is 24.3 Å². The van der Waals surface area contributed by atoms with Gasteiger partial charge in [-0.25, -0.2) is 0 Å². The summed E-state index contributed by atoms with van der Waals surface area (Å²) >= 11 is 4.51. The van der Waals surface area contributed by atoms with Gasteiger partial charge in [-0.2, -0.15) is 0 Å². The molecule has 0 spiro atoms. The molecular weight excluding hydrogens is 256 g/mol. The molecule has 1 saturated heterocycles. The summed E-state index contributed by atoms with van der Waals surface area (Å²) in [5, 5.41) is 0. The van der Waals surface area contributed by atoms with Gasteiger partial charge in [0.05, 0.1) is 4.58 Å². The van der Waals surface area contributed by atoms with Crippen molar-refractivity contribution in [3.63, 3.8) is 0 Å². The molecule has 0 amide bonds. The first-order valence-electron chi connectivity index (χ1n) is 8.05. The third-order valence-electron chi connectivity index (χ3n) is 5.97. The van der Waals surface area contributed by atoms with Crippen molar-refractivity contribution in [2.45, 2.75) is 62.4 Å². The van der Waals surface area contributed by atoms with E-state index < -0.39 is 0 Å². The van der Waals surface area contributed by atoms with Crippen LogP contribution in [0.2, 0.25) is 0 Å². The monoisotopic (exact) mass is 282 g/mol. The molecule has 0 aromatic carbocycles. The summed E-state index contributed by atoms with van der Waals surface area (Å²) in [5.41, 5.74) is 0.827. The van der Waals surface area contributed by atoms with Gasteiger partial charge in [0.2, 0.25) is 0 Å². The standard InChI is InChI=1S/C16H26S2/c1-4-17-15(18-5-1)2-3-16-9-12-6-13(10-16)8-14(7-12)11-16/h12-15H,1-11H2. The Labute approximate surface area is 120 Å². The Morgan fingerprint density at radius 3 is 1.94 bits per heavy atom. The lowest BCUT2D eigenvalue weighted by Crippen LogP contribution is -2.46. The summed E-state index contributed by atoms with van der Waals surface area (Å²) in [4.78, 5) is 0. The van der Waals surface area contributed by atoms with E-state index in [0.717, 1.165) is 27.8 Å². The van der Waals surface area contributed by atoms with Gasteiger partial charge in [0.1, 0.15) is 0 Å². The maximum atomic E-state index is 2.25. The second kappa shape index (κ2) is 4.91. The van der Waals surface area contributed by atoms with E-state index in [9.17, 15) is 0 Å². The molecule has 0 aromatic rings. The Morgan fingerprint density at radius 1 is 0.833 bits per heavy atom. The van der Waals surface area contributed by atoms with Crippen LogP contribution in [-0.4, -0.2) is 16.1 Å². The van der Waals surface area contributed by atoms with Gasteiger partial charge in [-0.3, -0.25) is 0 Å². The second-order valence-corrected chi connectivity index (χ2v) is 10.4. The van der Waals surface area contributed by atoms with Crippen molar-refractivity contribution in [3.05, 3.63) is 0 Å². The fourth-order valence-electron chi connectivity index (χ4n) is 5.72. The molecule has 18 heavy (non-hydrogen) atoms. The Balaban J connectivity index is 1.38. The predicted molar refractivity (Wildman–Crippen MR) is 83.2 cm³/mol. The second-order valence-electron chi connectivity index (χ2n) is 7.48. The molecule has 2 heteroatoms. The first-order valence-corrected chi connectivity index (χ1v) is 10.1. The van der Waals surface area contributed by atoms with E-state index in [-0.39, 0.29) is 0 Å². The van der Waals surface area contributed by atoms with Gasteiger partial charge < -0.3 is 0 Å². The minimum absolute atomic E-state index is 0.827. The van der Waals surface area contributed by atoms with Crippen molar-refractivity contribution in [2.75, 3.05) is 11.5 Å². The van der Waals surface area contributed by atoms with Crippen molar-refractivity contribution < 1.29 is 0 Å². The lowest BCUT2D eigenvalue weighted by molar-refractivity contribution is -0.0575. The first kappa shape index (κ1) is 12.4. The summed E-state index contributed by atoms with van der Waals surface area (Å²) in [6.07, 6.45) is 14.2. The van der Waals surface area contributed by atoms with E-state index in [4.69, 9.17) is 0 Å². The highest BCUT2D eigenvalue weighted by atomic mass is 32.2. The number of rotatable bonds is 3. The van der Waals surface area contributed by atoms with Gasteiger partial charge >= 0.3 is 0 Å². The molecule has 0 N–H and O–H groups in total. The zero-order valence-electron chi connectivity index (χ0n) is 11.4. The van der Waals surface area contributed by atoms with Crippen LogP contribution in [0.4, 0.5) is 0 Å². The van der Waals surface area contributed by atoms with Crippen molar-refractivity contribution in [1.29, 1.82) is 0 Å². The molecule has 1 heterocycles. The quantitative estimate of drug-likeness (QED) is 0.699. The first-order chi connectivity index (χ1) is 8.81. The molecule has 0 radical (unpaired) electrons. The SMILES string of the molecule is C1CSC(CCC23CC4CC(CC(C4)C2)C3)SC1. The molecular formula is C16H26S2. The van der Waals surface area contributed by atoms with Gasteiger partial charge in [0.25, 0.3) is 0 Å². The Kier molecular flexibility index (Phi) is 3.40. The summed E-state index contributed by atoms with van der Waals surface area (Å²) < 4.78 is 0.951. The molecule has 5 fully saturated rings. The van der Waals surface area contributed by atoms with E-state index in [1.807, 2.05) is 0 Å². The Hall–Kier alpha value is 0.700. The van der Waals surface area contributed by atoms with E-state index in [0.29, 0.717) is 0 Å². The highest BCUT2D eigenvalue weighted by Crippen LogP contribution is 2.62. The lowest BCUT2D eigenvalue weighted by Gasteiger charge is -2.57. The van der Waals surface area contributed by atoms with E-state index in [1.54, 1.807) is 44.9 Å². The van der Waals surface area contributed by atoms with Crippen molar-refractivity contribution >= 4 is 23.5 Å². The fourth-order valence-corrected chi connectivity index (χ4v) is 8.59. The molecule has 4 saturated carbocycles. The highest BCUT2D eigenvalue weighted by molar-refractivity contribution is 8.17. The van der Waals surface area contributed by atoms with Crippen LogP contribution in [-0.2, 0) is 0 Å². The molecule has 0 nitrogen and oxygen atoms in total. The molecule has 4 bridgehead atoms. The number of thioether (sulfide) groups is 2. The summed E-state index contributed by atoms with van der Waals surface area (Å²) in [5.74, 6) is 6.28. The van der Waals surface area contributed by atoms with Crippen molar-refractivity contribution in [3.8, 4) is 0 Å². The molecule has 4 aliphatic carbocycles. The van der Waals surface area contributed by atoms with Gasteiger partial charge in [0, 0.05) is 0 Å². The zero-order valence-corrected chi connectivity index (χ0v) is 13.0. The van der Waals surface area contributed by atoms with Crippen molar-refractivity contribution in [2.24, 2.45) is 23.2 Å². The van der Waals surface area contributed by atoms with Crippen LogP contribution in [0.5, 0.6) is 0 Å². The maximum Gasteiger partial charge on any atom is 0.0502 e. The van der Waals surface area contributed by atoms with Crippen LogP contribution in [0.25, 0.3) is 0 Å². The highest BCUT2D eigenvalue weighted by Gasteiger charge is 2.50. The molecule has 5 aliphatic rings. The molecule has 1 aliphatic heterocycles. The van der Waals surface area contributed by atoms with E-state index in [2.05, 4.69) is 23.5 Å². The summed E-state index contributed by atoms with van der Waals surface area (Å²) in [7, 11) is 0. The average molecular weight is 283 g/mol. The van der Waals surface area contributed by atoms with Gasteiger partial charge in [-0.05, 0) is 92.5 Å². The molecule has 0 atom stereocenters. The van der Waals surface area contributed by atoms with Gasteiger partial charge in [-0.15, -0.1) is 23.5 Å². The zero-order chi connectivity index (χ0) is 12.0. The predicted octanol–water partition coefficient (Wildman–Crippen LogP) is 5.18. The summed E-state index contributed by atoms with van der Waals surface area (Å²) in [6.45, 7) is 0. The minimum Gasteiger partial charge on any atom is -0.148 e. The normalized spacial score (nSPS) is 47.7. The minimum atomic E-state index is 0.827. The number of hydrogen-bond acceptors (Lipinski definition) is 2. The molecule has 0 aromatic heterocycles. The van der Waals surface area contributed by atoms with Crippen LogP contribution in [0, 0.1) is 23.2 Å². The van der Waals surface area contributed by atoms with Crippen LogP contribution < -0.4 is 0 Å². The van der Waals surface area contributed by atoms with Crippen molar-refractivity contribution in [1.82, 2.24) is 0 Å². The number of hydrogen-bond donors (Lipinski definition) is 0. The lowest BCUT2D eigenvalue weighted by atomic mass is 9.49. The fraction of sp³-hybridized carbons (Fsp3) is 1.00. The van der Waals surface area contributed by atoms with Gasteiger partial charge in [0.15, 0.2) is 0 Å². The van der Waals surface area contributed by atoms with Gasteiger partial charge in [-0.1, -0.05) is 0 Å². The maximum absolute atomic E-state index is 2.25. The third kappa shape index (κ3) is 2.37. The van der Waals surface area contributed by atoms with Crippen LogP contribution in [0.1, 0.15) is 57.8 Å². The largest absolute Gasteiger partial charge is 0.148 e.